The summed E-state index contributed by atoms with van der Waals surface area (Å²) in [5, 5.41) is 7.35. The van der Waals surface area contributed by atoms with E-state index in [1.165, 1.54) is 18.3 Å². The number of hydrogen-bond acceptors (Lipinski definition) is 5. The van der Waals surface area contributed by atoms with Gasteiger partial charge in [-0.05, 0) is 60.4 Å². The third-order valence-electron chi connectivity index (χ3n) is 5.07. The number of halogens is 1. The van der Waals surface area contributed by atoms with Crippen LogP contribution in [0.4, 0.5) is 4.39 Å². The Labute approximate surface area is 185 Å². The van der Waals surface area contributed by atoms with Crippen molar-refractivity contribution in [1.82, 2.24) is 30.0 Å². The molecule has 0 radical (unpaired) electrons. The molecule has 1 aromatic carbocycles. The van der Waals surface area contributed by atoms with Gasteiger partial charge >= 0.3 is 0 Å². The van der Waals surface area contributed by atoms with Crippen LogP contribution in [0.1, 0.15) is 46.9 Å². The van der Waals surface area contributed by atoms with Gasteiger partial charge in [-0.2, -0.15) is 5.10 Å². The van der Waals surface area contributed by atoms with E-state index < -0.39 is 0 Å². The largest absolute Gasteiger partial charge is 0.348 e. The maximum Gasteiger partial charge on any atom is 0.255 e. The average molecular weight is 430 g/mol. The number of rotatable bonds is 6. The highest BCUT2D eigenvalue weighted by atomic mass is 19.1. The van der Waals surface area contributed by atoms with Gasteiger partial charge in [-0.1, -0.05) is 13.8 Å². The summed E-state index contributed by atoms with van der Waals surface area (Å²) in [5.41, 5.74) is 4.46. The zero-order valence-corrected chi connectivity index (χ0v) is 18.1. The second kappa shape index (κ2) is 9.05. The predicted molar refractivity (Wildman–Crippen MR) is 119 cm³/mol. The van der Waals surface area contributed by atoms with Gasteiger partial charge in [-0.15, -0.1) is 0 Å². The van der Waals surface area contributed by atoms with Gasteiger partial charge in [0.2, 0.25) is 0 Å². The number of amides is 1. The van der Waals surface area contributed by atoms with Crippen LogP contribution in [0.25, 0.3) is 17.2 Å². The Hall–Kier alpha value is -3.94. The van der Waals surface area contributed by atoms with Gasteiger partial charge in [-0.25, -0.2) is 19.0 Å². The van der Waals surface area contributed by atoms with Gasteiger partial charge in [0.15, 0.2) is 0 Å². The van der Waals surface area contributed by atoms with Crippen LogP contribution in [0.3, 0.4) is 0 Å². The summed E-state index contributed by atoms with van der Waals surface area (Å²) in [4.78, 5) is 26.0. The number of aromatic nitrogens is 5. The molecule has 3 aromatic heterocycles. The SMILES string of the molecule is Cc1cnc(-n2ncc(C(=O)NCc3ccncc3)c2C(C)C)nc1-c1ccc(F)cc1. The first kappa shape index (κ1) is 21.3. The van der Waals surface area contributed by atoms with Crippen molar-refractivity contribution >= 4 is 5.91 Å². The molecular formula is C24H23FN6O. The Kier molecular flexibility index (Phi) is 6.02. The zero-order valence-electron chi connectivity index (χ0n) is 18.1. The molecule has 0 fully saturated rings. The van der Waals surface area contributed by atoms with E-state index >= 15 is 0 Å². The number of hydrogen-bond donors (Lipinski definition) is 1. The molecule has 1 amide bonds. The molecule has 32 heavy (non-hydrogen) atoms. The fourth-order valence-corrected chi connectivity index (χ4v) is 3.46. The molecule has 0 saturated carbocycles. The van der Waals surface area contributed by atoms with Gasteiger partial charge in [0.1, 0.15) is 5.82 Å². The van der Waals surface area contributed by atoms with Crippen molar-refractivity contribution in [2.45, 2.75) is 33.2 Å². The molecule has 8 heteroatoms. The summed E-state index contributed by atoms with van der Waals surface area (Å²) >= 11 is 0. The molecule has 0 aliphatic carbocycles. The molecule has 0 saturated heterocycles. The maximum atomic E-state index is 13.4. The van der Waals surface area contributed by atoms with E-state index in [1.807, 2.05) is 32.9 Å². The minimum Gasteiger partial charge on any atom is -0.348 e. The van der Waals surface area contributed by atoms with Crippen LogP contribution < -0.4 is 5.32 Å². The minimum absolute atomic E-state index is 0.00153. The number of carbonyl (C=O) groups is 1. The molecule has 0 atom stereocenters. The minimum atomic E-state index is -0.308. The highest BCUT2D eigenvalue weighted by Crippen LogP contribution is 2.25. The Morgan fingerprint density at radius 3 is 2.50 bits per heavy atom. The fourth-order valence-electron chi connectivity index (χ4n) is 3.46. The molecule has 162 valence electrons. The van der Waals surface area contributed by atoms with Crippen LogP contribution in [0.2, 0.25) is 0 Å². The molecule has 4 aromatic rings. The highest BCUT2D eigenvalue weighted by molar-refractivity contribution is 5.95. The van der Waals surface area contributed by atoms with E-state index in [1.54, 1.807) is 35.4 Å². The van der Waals surface area contributed by atoms with Crippen molar-refractivity contribution < 1.29 is 9.18 Å². The summed E-state index contributed by atoms with van der Waals surface area (Å²) in [7, 11) is 0. The molecule has 0 aliphatic rings. The number of aryl methyl sites for hydroxylation is 1. The third kappa shape index (κ3) is 4.39. The lowest BCUT2D eigenvalue weighted by Crippen LogP contribution is -2.24. The summed E-state index contributed by atoms with van der Waals surface area (Å²) in [6.07, 6.45) is 6.62. The van der Waals surface area contributed by atoms with Crippen LogP contribution in [-0.2, 0) is 6.54 Å². The second-order valence-electron chi connectivity index (χ2n) is 7.76. The first-order chi connectivity index (χ1) is 15.4. The third-order valence-corrected chi connectivity index (χ3v) is 5.07. The van der Waals surface area contributed by atoms with E-state index in [0.29, 0.717) is 29.4 Å². The van der Waals surface area contributed by atoms with Crippen LogP contribution in [0.15, 0.2) is 61.2 Å². The number of nitrogens with zero attached hydrogens (tertiary/aromatic N) is 5. The summed E-state index contributed by atoms with van der Waals surface area (Å²) in [6, 6.07) is 9.86. The van der Waals surface area contributed by atoms with Crippen LogP contribution in [0, 0.1) is 12.7 Å². The number of benzene rings is 1. The maximum absolute atomic E-state index is 13.4. The first-order valence-electron chi connectivity index (χ1n) is 10.3. The predicted octanol–water partition coefficient (Wildman–Crippen LogP) is 4.23. The standard InChI is InChI=1S/C24H23FN6O/c1-15(2)22-20(23(32)27-13-17-8-10-26-11-9-17)14-29-31(22)24-28-12-16(3)21(30-24)18-4-6-19(25)7-5-18/h4-12,14-15H,13H2,1-3H3,(H,27,32). The van der Waals surface area contributed by atoms with Crippen molar-refractivity contribution in [3.05, 3.63) is 89.4 Å². The molecule has 0 bridgehead atoms. The highest BCUT2D eigenvalue weighted by Gasteiger charge is 2.22. The van der Waals surface area contributed by atoms with Crippen molar-refractivity contribution in [3.8, 4) is 17.2 Å². The average Bonchev–Trinajstić information content (AvgIpc) is 3.25. The van der Waals surface area contributed by atoms with Gasteiger partial charge in [0.05, 0.1) is 23.1 Å². The number of carbonyl (C=O) groups excluding carboxylic acids is 1. The van der Waals surface area contributed by atoms with Crippen LogP contribution in [-0.4, -0.2) is 30.6 Å². The quantitative estimate of drug-likeness (QED) is 0.495. The van der Waals surface area contributed by atoms with E-state index in [4.69, 9.17) is 0 Å². The Balaban J connectivity index is 1.67. The fraction of sp³-hybridized carbons (Fsp3) is 0.208. The van der Waals surface area contributed by atoms with E-state index in [0.717, 1.165) is 16.7 Å². The summed E-state index contributed by atoms with van der Waals surface area (Å²) < 4.78 is 14.9. The molecule has 3 heterocycles. The van der Waals surface area contributed by atoms with E-state index in [-0.39, 0.29) is 17.6 Å². The molecular weight excluding hydrogens is 407 g/mol. The lowest BCUT2D eigenvalue weighted by atomic mass is 10.1. The lowest BCUT2D eigenvalue weighted by Gasteiger charge is -2.13. The Morgan fingerprint density at radius 2 is 1.81 bits per heavy atom. The zero-order chi connectivity index (χ0) is 22.7. The van der Waals surface area contributed by atoms with Gasteiger partial charge < -0.3 is 5.32 Å². The smallest absolute Gasteiger partial charge is 0.255 e. The summed E-state index contributed by atoms with van der Waals surface area (Å²) in [6.45, 7) is 6.26. The van der Waals surface area contributed by atoms with Crippen LogP contribution in [0.5, 0.6) is 0 Å². The van der Waals surface area contributed by atoms with Gasteiger partial charge in [0.25, 0.3) is 11.9 Å². The Bertz CT molecular complexity index is 1240. The van der Waals surface area contributed by atoms with Crippen molar-refractivity contribution in [2.75, 3.05) is 0 Å². The normalized spacial score (nSPS) is 11.0. The van der Waals surface area contributed by atoms with Crippen molar-refractivity contribution in [1.29, 1.82) is 0 Å². The molecule has 4 rings (SSSR count). The molecule has 1 N–H and O–H groups in total. The lowest BCUT2D eigenvalue weighted by molar-refractivity contribution is 0.0949. The van der Waals surface area contributed by atoms with Crippen molar-refractivity contribution in [3.63, 3.8) is 0 Å². The van der Waals surface area contributed by atoms with E-state index in [9.17, 15) is 9.18 Å². The van der Waals surface area contributed by atoms with Gasteiger partial charge in [0, 0.05) is 30.7 Å². The van der Waals surface area contributed by atoms with E-state index in [2.05, 4.69) is 25.4 Å². The topological polar surface area (TPSA) is 85.6 Å². The molecule has 7 nitrogen and oxygen atoms in total. The van der Waals surface area contributed by atoms with Crippen LogP contribution >= 0.6 is 0 Å². The molecule has 0 spiro atoms. The number of nitrogens with one attached hydrogen (secondary N) is 1. The Morgan fingerprint density at radius 1 is 1.09 bits per heavy atom. The second-order valence-corrected chi connectivity index (χ2v) is 7.76. The number of pyridine rings is 1. The van der Waals surface area contributed by atoms with Gasteiger partial charge in [-0.3, -0.25) is 9.78 Å². The van der Waals surface area contributed by atoms with Crippen molar-refractivity contribution in [2.24, 2.45) is 0 Å². The summed E-state index contributed by atoms with van der Waals surface area (Å²) in [5.74, 6) is -0.176. The molecule has 0 unspecified atom stereocenters. The monoisotopic (exact) mass is 430 g/mol. The molecule has 0 aliphatic heterocycles. The first-order valence-corrected chi connectivity index (χ1v) is 10.3.